The molecular weight excluding hydrogens is 743 g/mol. The molecule has 2 unspecified atom stereocenters. The smallest absolute Gasteiger partial charge is 0.305 e. The summed E-state index contributed by atoms with van der Waals surface area (Å²) in [5.41, 5.74) is 0. The van der Waals surface area contributed by atoms with Crippen LogP contribution in [0, 0.1) is 0 Å². The molecule has 60 heavy (non-hydrogen) atoms. The van der Waals surface area contributed by atoms with Crippen LogP contribution in [-0.2, 0) is 14.3 Å². The molecule has 6 nitrogen and oxygen atoms in total. The first-order chi connectivity index (χ1) is 29.5. The Hall–Kier alpha value is -2.18. The number of amides is 1. The fraction of sp³-hybridized carbons (Fsp3) is 0.815. The van der Waals surface area contributed by atoms with Crippen LogP contribution < -0.4 is 5.32 Å². The first-order valence-electron chi connectivity index (χ1n) is 25.9. The number of nitrogens with one attached hydrogen (secondary N) is 1. The molecule has 0 saturated heterocycles. The van der Waals surface area contributed by atoms with Crippen molar-refractivity contribution in [3.63, 3.8) is 0 Å². The summed E-state index contributed by atoms with van der Waals surface area (Å²) in [4.78, 5) is 24.4. The van der Waals surface area contributed by atoms with Crippen LogP contribution in [-0.4, -0.2) is 47.4 Å². The second-order valence-corrected chi connectivity index (χ2v) is 17.5. The normalized spacial score (nSPS) is 13.1. The van der Waals surface area contributed by atoms with E-state index in [1.54, 1.807) is 0 Å². The molecule has 0 aromatic heterocycles. The van der Waals surface area contributed by atoms with E-state index in [0.717, 1.165) is 96.3 Å². The second kappa shape index (κ2) is 49.5. The second-order valence-electron chi connectivity index (χ2n) is 17.5. The van der Waals surface area contributed by atoms with Gasteiger partial charge in [0.2, 0.25) is 5.91 Å². The van der Waals surface area contributed by atoms with Crippen molar-refractivity contribution >= 4 is 11.9 Å². The van der Waals surface area contributed by atoms with E-state index >= 15 is 0 Å². The summed E-state index contributed by atoms with van der Waals surface area (Å²) >= 11 is 0. The summed E-state index contributed by atoms with van der Waals surface area (Å²) in [6, 6.07) is -0.553. The van der Waals surface area contributed by atoms with Crippen molar-refractivity contribution in [3.8, 4) is 0 Å². The van der Waals surface area contributed by atoms with E-state index in [1.807, 2.05) is 0 Å². The average molecular weight is 842 g/mol. The van der Waals surface area contributed by atoms with Gasteiger partial charge >= 0.3 is 5.97 Å². The van der Waals surface area contributed by atoms with Crippen LogP contribution in [0.15, 0.2) is 48.6 Å². The van der Waals surface area contributed by atoms with Gasteiger partial charge < -0.3 is 20.3 Å². The van der Waals surface area contributed by atoms with E-state index < -0.39 is 12.1 Å². The maximum absolute atomic E-state index is 12.4. The Morgan fingerprint density at radius 2 is 0.833 bits per heavy atom. The van der Waals surface area contributed by atoms with Gasteiger partial charge in [-0.3, -0.25) is 9.59 Å². The monoisotopic (exact) mass is 842 g/mol. The predicted octanol–water partition coefficient (Wildman–Crippen LogP) is 15.5. The third kappa shape index (κ3) is 45.3. The quantitative estimate of drug-likeness (QED) is 0.0322. The van der Waals surface area contributed by atoms with Gasteiger partial charge in [-0.05, 0) is 96.3 Å². The Bertz CT molecular complexity index is 1020. The molecule has 3 N–H and O–H groups in total. The molecule has 0 saturated carbocycles. The van der Waals surface area contributed by atoms with Gasteiger partial charge in [-0.2, -0.15) is 0 Å². The van der Waals surface area contributed by atoms with Crippen molar-refractivity contribution < 1.29 is 24.5 Å². The van der Waals surface area contributed by atoms with Crippen LogP contribution in [0.2, 0.25) is 0 Å². The number of allylic oxidation sites excluding steroid dienone is 8. The molecular formula is C54H99NO5. The molecule has 0 spiro atoms. The number of ether oxygens (including phenoxy) is 1. The summed E-state index contributed by atoms with van der Waals surface area (Å²) < 4.78 is 5.44. The number of hydrogen-bond acceptors (Lipinski definition) is 5. The molecule has 0 bridgehead atoms. The van der Waals surface area contributed by atoms with Gasteiger partial charge in [-0.25, -0.2) is 0 Å². The van der Waals surface area contributed by atoms with Crippen LogP contribution in [0.5, 0.6) is 0 Å². The molecule has 0 aliphatic rings. The van der Waals surface area contributed by atoms with Gasteiger partial charge in [0, 0.05) is 12.8 Å². The summed E-state index contributed by atoms with van der Waals surface area (Å²) in [6.45, 7) is 4.85. The van der Waals surface area contributed by atoms with Crippen molar-refractivity contribution in [2.24, 2.45) is 0 Å². The van der Waals surface area contributed by atoms with Crippen LogP contribution in [0.25, 0.3) is 0 Å². The molecule has 6 heteroatoms. The number of rotatable bonds is 47. The van der Waals surface area contributed by atoms with Crippen LogP contribution >= 0.6 is 0 Å². The van der Waals surface area contributed by atoms with Gasteiger partial charge in [0.1, 0.15) is 0 Å². The highest BCUT2D eigenvalue weighted by Gasteiger charge is 2.20. The van der Waals surface area contributed by atoms with Crippen molar-refractivity contribution in [3.05, 3.63) is 48.6 Å². The average Bonchev–Trinajstić information content (AvgIpc) is 3.25. The third-order valence-electron chi connectivity index (χ3n) is 11.6. The molecule has 350 valence electrons. The van der Waals surface area contributed by atoms with Crippen LogP contribution in [0.3, 0.4) is 0 Å². The highest BCUT2D eigenvalue weighted by Crippen LogP contribution is 2.15. The van der Waals surface area contributed by atoms with E-state index in [0.29, 0.717) is 25.9 Å². The van der Waals surface area contributed by atoms with E-state index in [-0.39, 0.29) is 18.5 Å². The maximum Gasteiger partial charge on any atom is 0.305 e. The highest BCUT2D eigenvalue weighted by atomic mass is 16.5. The SMILES string of the molecule is CCCCC/C=C\C/C=C\CCCCCCCC(=O)OCCCCC/C=C\C/C=C\CCCCCCCCCC(=O)NC(CO)C(O)CCCCCCCCCCCCC. The number of unbranched alkanes of at least 4 members (excludes halogenated alkanes) is 28. The summed E-state index contributed by atoms with van der Waals surface area (Å²) in [6.07, 6.45) is 60.8. The number of esters is 1. The molecule has 1 amide bonds. The molecule has 0 heterocycles. The van der Waals surface area contributed by atoms with Crippen molar-refractivity contribution in [2.75, 3.05) is 13.2 Å². The largest absolute Gasteiger partial charge is 0.466 e. The van der Waals surface area contributed by atoms with Crippen molar-refractivity contribution in [1.29, 1.82) is 0 Å². The van der Waals surface area contributed by atoms with Gasteiger partial charge in [-0.1, -0.05) is 197 Å². The molecule has 0 rings (SSSR count). The van der Waals surface area contributed by atoms with E-state index in [9.17, 15) is 19.8 Å². The zero-order valence-electron chi connectivity index (χ0n) is 39.7. The lowest BCUT2D eigenvalue weighted by Gasteiger charge is -2.22. The lowest BCUT2D eigenvalue weighted by molar-refractivity contribution is -0.143. The van der Waals surface area contributed by atoms with Gasteiger partial charge in [-0.15, -0.1) is 0 Å². The van der Waals surface area contributed by atoms with Gasteiger partial charge in [0.05, 0.1) is 25.4 Å². The number of carbonyl (C=O) groups is 2. The molecule has 0 fully saturated rings. The minimum atomic E-state index is -0.674. The minimum absolute atomic E-state index is 0.0304. The molecule has 0 radical (unpaired) electrons. The number of aliphatic hydroxyl groups is 2. The maximum atomic E-state index is 12.4. The summed E-state index contributed by atoms with van der Waals surface area (Å²) in [7, 11) is 0. The number of carbonyl (C=O) groups excluding carboxylic acids is 2. The number of hydrogen-bond donors (Lipinski definition) is 3. The molecule has 2 atom stereocenters. The zero-order valence-corrected chi connectivity index (χ0v) is 39.7. The van der Waals surface area contributed by atoms with Crippen LogP contribution in [0.4, 0.5) is 0 Å². The van der Waals surface area contributed by atoms with Crippen molar-refractivity contribution in [1.82, 2.24) is 5.32 Å². The standard InChI is InChI=1S/C54H99NO5/c1-3-5-7-9-11-13-15-16-20-24-28-32-36-40-44-48-54(59)60-49-45-41-37-33-29-25-22-19-17-18-21-23-27-31-35-39-43-47-53(58)55-51(50-56)52(57)46-42-38-34-30-26-14-12-10-8-6-4-2/h11,13,16-17,19-20,25,29,51-52,56-57H,3-10,12,14-15,18,21-24,26-28,30-50H2,1-2H3,(H,55,58)/b13-11-,19-17-,20-16-,29-25-. The topological polar surface area (TPSA) is 95.9 Å². The molecule has 0 aromatic carbocycles. The Balaban J connectivity index is 3.51. The predicted molar refractivity (Wildman–Crippen MR) is 259 cm³/mol. The van der Waals surface area contributed by atoms with E-state index in [2.05, 4.69) is 67.8 Å². The Morgan fingerprint density at radius 1 is 0.467 bits per heavy atom. The first kappa shape index (κ1) is 57.8. The Morgan fingerprint density at radius 3 is 1.30 bits per heavy atom. The van der Waals surface area contributed by atoms with Crippen LogP contribution in [0.1, 0.15) is 258 Å². The van der Waals surface area contributed by atoms with Crippen molar-refractivity contribution in [2.45, 2.75) is 270 Å². The minimum Gasteiger partial charge on any atom is -0.466 e. The first-order valence-corrected chi connectivity index (χ1v) is 25.9. The fourth-order valence-corrected chi connectivity index (χ4v) is 7.58. The Labute approximate surface area is 372 Å². The number of aliphatic hydroxyl groups excluding tert-OH is 2. The van der Waals surface area contributed by atoms with E-state index in [4.69, 9.17) is 4.74 Å². The molecule has 0 aromatic rings. The summed E-state index contributed by atoms with van der Waals surface area (Å²) in [5, 5.41) is 23.1. The Kier molecular flexibility index (Phi) is 47.7. The lowest BCUT2D eigenvalue weighted by Crippen LogP contribution is -2.45. The van der Waals surface area contributed by atoms with E-state index in [1.165, 1.54) is 128 Å². The zero-order chi connectivity index (χ0) is 43.7. The third-order valence-corrected chi connectivity index (χ3v) is 11.6. The molecule has 0 aliphatic carbocycles. The van der Waals surface area contributed by atoms with Gasteiger partial charge in [0.25, 0.3) is 0 Å². The van der Waals surface area contributed by atoms with Gasteiger partial charge in [0.15, 0.2) is 0 Å². The molecule has 0 aliphatic heterocycles. The highest BCUT2D eigenvalue weighted by molar-refractivity contribution is 5.76. The fourth-order valence-electron chi connectivity index (χ4n) is 7.58. The summed E-state index contributed by atoms with van der Waals surface area (Å²) in [5.74, 6) is -0.0845. The lowest BCUT2D eigenvalue weighted by atomic mass is 10.0.